The van der Waals surface area contributed by atoms with Gasteiger partial charge in [0.1, 0.15) is 4.34 Å². The average Bonchev–Trinajstić information content (AvgIpc) is 2.64. The number of nitrogens with zero attached hydrogens (tertiary/aromatic N) is 2. The maximum Gasteiger partial charge on any atom is 0.251 e. The minimum absolute atomic E-state index is 0.164. The first-order valence-corrected chi connectivity index (χ1v) is 5.60. The van der Waals surface area contributed by atoms with Crippen LogP contribution in [0, 0.1) is 0 Å². The van der Waals surface area contributed by atoms with E-state index in [9.17, 15) is 4.79 Å². The summed E-state index contributed by atoms with van der Waals surface area (Å²) in [6.07, 6.45) is 2.26. The molecule has 2 heterocycles. The second-order valence-corrected chi connectivity index (χ2v) is 4.57. The molecule has 0 saturated heterocycles. The summed E-state index contributed by atoms with van der Waals surface area (Å²) in [4.78, 5) is 22.3. The number of hydrogen-bond donors (Lipinski definition) is 1. The zero-order chi connectivity index (χ0) is 10.8. The van der Waals surface area contributed by atoms with Gasteiger partial charge in [-0.2, -0.15) is 0 Å². The predicted molar refractivity (Wildman–Crippen MR) is 60.4 cm³/mol. The van der Waals surface area contributed by atoms with E-state index in [2.05, 4.69) is 15.0 Å². The molecule has 0 aliphatic heterocycles. The Morgan fingerprint density at radius 1 is 1.60 bits per heavy atom. The number of nitrogens with one attached hydrogen (secondary N) is 1. The molecule has 0 aromatic carbocycles. The second kappa shape index (κ2) is 4.12. The van der Waals surface area contributed by atoms with Crippen LogP contribution in [0.15, 0.2) is 17.1 Å². The number of hydrogen-bond acceptors (Lipinski definition) is 4. The Morgan fingerprint density at radius 3 is 3.00 bits per heavy atom. The van der Waals surface area contributed by atoms with E-state index < -0.39 is 0 Å². The van der Waals surface area contributed by atoms with E-state index in [0.717, 1.165) is 12.1 Å². The molecule has 6 heteroatoms. The van der Waals surface area contributed by atoms with E-state index in [1.54, 1.807) is 6.20 Å². The first-order chi connectivity index (χ1) is 7.19. The van der Waals surface area contributed by atoms with Crippen molar-refractivity contribution in [2.45, 2.75) is 13.3 Å². The van der Waals surface area contributed by atoms with Gasteiger partial charge >= 0.3 is 0 Å². The first kappa shape index (κ1) is 10.3. The van der Waals surface area contributed by atoms with Crippen molar-refractivity contribution in [3.8, 4) is 10.8 Å². The van der Waals surface area contributed by atoms with Crippen LogP contribution in [-0.4, -0.2) is 15.0 Å². The van der Waals surface area contributed by atoms with Crippen LogP contribution in [0.1, 0.15) is 12.6 Å². The summed E-state index contributed by atoms with van der Waals surface area (Å²) in [6.45, 7) is 1.94. The van der Waals surface area contributed by atoms with Gasteiger partial charge in [-0.1, -0.05) is 29.9 Å². The zero-order valence-electron chi connectivity index (χ0n) is 7.95. The number of rotatable bonds is 2. The molecule has 2 aromatic heterocycles. The molecule has 0 bridgehead atoms. The third kappa shape index (κ3) is 2.24. The van der Waals surface area contributed by atoms with Crippen molar-refractivity contribution < 1.29 is 0 Å². The van der Waals surface area contributed by atoms with Crippen LogP contribution in [0.5, 0.6) is 0 Å². The van der Waals surface area contributed by atoms with Crippen LogP contribution in [-0.2, 0) is 6.42 Å². The van der Waals surface area contributed by atoms with Crippen molar-refractivity contribution in [1.82, 2.24) is 15.0 Å². The van der Waals surface area contributed by atoms with Gasteiger partial charge in [0.25, 0.3) is 5.56 Å². The monoisotopic (exact) mass is 241 g/mol. The highest BCUT2D eigenvalue weighted by Gasteiger charge is 2.07. The number of halogens is 1. The molecule has 0 amide bonds. The number of aromatic amines is 1. The van der Waals surface area contributed by atoms with E-state index in [0.29, 0.717) is 15.2 Å². The number of aryl methyl sites for hydroxylation is 1. The van der Waals surface area contributed by atoms with Crippen LogP contribution >= 0.6 is 22.9 Å². The van der Waals surface area contributed by atoms with Crippen molar-refractivity contribution in [3.05, 3.63) is 32.6 Å². The normalized spacial score (nSPS) is 10.5. The van der Waals surface area contributed by atoms with Gasteiger partial charge in [0.05, 0.1) is 6.20 Å². The molecule has 2 rings (SSSR count). The number of H-pyrrole nitrogens is 1. The lowest BCUT2D eigenvalue weighted by Crippen LogP contribution is -2.09. The molecule has 0 radical (unpaired) electrons. The highest BCUT2D eigenvalue weighted by molar-refractivity contribution is 7.18. The van der Waals surface area contributed by atoms with E-state index in [1.165, 1.54) is 17.4 Å². The fourth-order valence-corrected chi connectivity index (χ4v) is 2.01. The smallest absolute Gasteiger partial charge is 0.251 e. The third-order valence-corrected chi connectivity index (χ3v) is 2.96. The molecule has 78 valence electrons. The van der Waals surface area contributed by atoms with Gasteiger partial charge < -0.3 is 4.98 Å². The number of thiazole rings is 1. The van der Waals surface area contributed by atoms with Gasteiger partial charge in [0.2, 0.25) is 0 Å². The van der Waals surface area contributed by atoms with Gasteiger partial charge in [-0.25, -0.2) is 9.97 Å². The molecular weight excluding hydrogens is 234 g/mol. The first-order valence-electron chi connectivity index (χ1n) is 4.41. The van der Waals surface area contributed by atoms with Crippen molar-refractivity contribution in [2.75, 3.05) is 0 Å². The van der Waals surface area contributed by atoms with Crippen LogP contribution in [0.3, 0.4) is 0 Å². The van der Waals surface area contributed by atoms with Crippen LogP contribution in [0.4, 0.5) is 0 Å². The van der Waals surface area contributed by atoms with Gasteiger partial charge in [-0.15, -0.1) is 0 Å². The molecule has 1 N–H and O–H groups in total. The quantitative estimate of drug-likeness (QED) is 0.876. The largest absolute Gasteiger partial charge is 0.304 e. The molecule has 4 nitrogen and oxygen atoms in total. The standard InChI is InChI=1S/C9H8ClN3OS/c1-2-5-3-7(14)13-8(12-5)9-11-4-6(10)15-9/h3-4H,2H2,1H3,(H,12,13,14). The lowest BCUT2D eigenvalue weighted by atomic mass is 10.3. The molecular formula is C9H8ClN3OS. The van der Waals surface area contributed by atoms with Crippen LogP contribution in [0.2, 0.25) is 4.34 Å². The summed E-state index contributed by atoms with van der Waals surface area (Å²) in [5.41, 5.74) is 0.586. The van der Waals surface area contributed by atoms with Gasteiger partial charge in [-0.3, -0.25) is 4.79 Å². The van der Waals surface area contributed by atoms with Crippen molar-refractivity contribution in [2.24, 2.45) is 0 Å². The van der Waals surface area contributed by atoms with E-state index >= 15 is 0 Å². The van der Waals surface area contributed by atoms with Gasteiger partial charge in [0.15, 0.2) is 10.8 Å². The summed E-state index contributed by atoms with van der Waals surface area (Å²) >= 11 is 7.05. The Morgan fingerprint density at radius 2 is 2.40 bits per heavy atom. The van der Waals surface area contributed by atoms with Crippen LogP contribution in [0.25, 0.3) is 10.8 Å². The maximum absolute atomic E-state index is 11.3. The molecule has 0 saturated carbocycles. The fraction of sp³-hybridized carbons (Fsp3) is 0.222. The molecule has 0 aliphatic carbocycles. The van der Waals surface area contributed by atoms with E-state index in [-0.39, 0.29) is 5.56 Å². The molecule has 0 fully saturated rings. The summed E-state index contributed by atoms with van der Waals surface area (Å²) in [7, 11) is 0. The fourth-order valence-electron chi connectivity index (χ4n) is 1.15. The van der Waals surface area contributed by atoms with Gasteiger partial charge in [-0.05, 0) is 6.42 Å². The highest BCUT2D eigenvalue weighted by atomic mass is 35.5. The molecule has 0 spiro atoms. The Labute approximate surface area is 95.0 Å². The number of aromatic nitrogens is 3. The molecule has 0 aliphatic rings. The summed E-state index contributed by atoms with van der Waals surface area (Å²) in [6, 6.07) is 1.48. The zero-order valence-corrected chi connectivity index (χ0v) is 9.52. The topological polar surface area (TPSA) is 58.6 Å². The second-order valence-electron chi connectivity index (χ2n) is 2.91. The lowest BCUT2D eigenvalue weighted by Gasteiger charge is -1.98. The predicted octanol–water partition coefficient (Wildman–Crippen LogP) is 2.11. The summed E-state index contributed by atoms with van der Waals surface area (Å²) < 4.78 is 0.578. The Bertz CT molecular complexity index is 534. The van der Waals surface area contributed by atoms with E-state index in [4.69, 9.17) is 11.6 Å². The highest BCUT2D eigenvalue weighted by Crippen LogP contribution is 2.24. The molecule has 2 aromatic rings. The lowest BCUT2D eigenvalue weighted by molar-refractivity contribution is 0.985. The Balaban J connectivity index is 2.53. The maximum atomic E-state index is 11.3. The molecule has 15 heavy (non-hydrogen) atoms. The third-order valence-electron chi connectivity index (χ3n) is 1.84. The van der Waals surface area contributed by atoms with E-state index in [1.807, 2.05) is 6.92 Å². The Hall–Kier alpha value is -1.20. The molecule has 0 unspecified atom stereocenters. The van der Waals surface area contributed by atoms with Crippen molar-refractivity contribution in [3.63, 3.8) is 0 Å². The van der Waals surface area contributed by atoms with Crippen molar-refractivity contribution in [1.29, 1.82) is 0 Å². The summed E-state index contributed by atoms with van der Waals surface area (Å²) in [5.74, 6) is 0.483. The minimum atomic E-state index is -0.164. The van der Waals surface area contributed by atoms with Crippen LogP contribution < -0.4 is 5.56 Å². The molecule has 0 atom stereocenters. The summed E-state index contributed by atoms with van der Waals surface area (Å²) in [5, 5.41) is 0.632. The SMILES string of the molecule is CCc1cc(=O)[nH]c(-c2ncc(Cl)s2)n1. The average molecular weight is 242 g/mol. The van der Waals surface area contributed by atoms with Crippen molar-refractivity contribution >= 4 is 22.9 Å². The minimum Gasteiger partial charge on any atom is -0.304 e. The van der Waals surface area contributed by atoms with Gasteiger partial charge in [0, 0.05) is 11.8 Å². The Kier molecular flexibility index (Phi) is 2.83.